The van der Waals surface area contributed by atoms with Gasteiger partial charge in [-0.2, -0.15) is 8.42 Å². The van der Waals surface area contributed by atoms with Crippen LogP contribution in [0.4, 0.5) is 5.69 Å². The molecule has 0 radical (unpaired) electrons. The summed E-state index contributed by atoms with van der Waals surface area (Å²) in [5, 5.41) is -0.656. The van der Waals surface area contributed by atoms with E-state index in [-0.39, 0.29) is 22.6 Å². The summed E-state index contributed by atoms with van der Waals surface area (Å²) >= 11 is 1.06. The Bertz CT molecular complexity index is 1370. The number of nitrogens with zero attached hydrogens (tertiary/aromatic N) is 2. The summed E-state index contributed by atoms with van der Waals surface area (Å²) in [6.45, 7) is 4.24. The summed E-state index contributed by atoms with van der Waals surface area (Å²) in [7, 11) is -4.13. The number of sulfonamides is 1. The predicted molar refractivity (Wildman–Crippen MR) is 139 cm³/mol. The minimum absolute atomic E-state index is 0.0200. The SMILES string of the molecule is CCOC(=O)c1ccc(N2C(=O)C(c3ccccc3)S/C2=N/S(=O)(=O)c2ccc(OCC)cc2)cc1. The van der Waals surface area contributed by atoms with Crippen LogP contribution in [0.5, 0.6) is 5.75 Å². The van der Waals surface area contributed by atoms with E-state index in [1.54, 1.807) is 31.2 Å². The third-order valence-corrected chi connectivity index (χ3v) is 7.82. The number of anilines is 1. The first-order valence-corrected chi connectivity index (χ1v) is 13.6. The molecule has 1 aliphatic heterocycles. The average molecular weight is 525 g/mol. The quantitative estimate of drug-likeness (QED) is 0.389. The summed E-state index contributed by atoms with van der Waals surface area (Å²) in [5.41, 5.74) is 1.43. The first-order chi connectivity index (χ1) is 17.3. The lowest BCUT2D eigenvalue weighted by Gasteiger charge is -2.17. The number of benzene rings is 3. The summed E-state index contributed by atoms with van der Waals surface area (Å²) < 4.78 is 40.8. The smallest absolute Gasteiger partial charge is 0.338 e. The van der Waals surface area contributed by atoms with E-state index in [0.29, 0.717) is 23.6 Å². The number of hydrogen-bond donors (Lipinski definition) is 0. The van der Waals surface area contributed by atoms with E-state index >= 15 is 0 Å². The van der Waals surface area contributed by atoms with Crippen LogP contribution in [0, 0.1) is 0 Å². The van der Waals surface area contributed by atoms with Crippen molar-refractivity contribution >= 4 is 44.5 Å². The number of hydrogen-bond acceptors (Lipinski definition) is 7. The second-order valence-corrected chi connectivity index (χ2v) is 10.3. The molecule has 1 amide bonds. The largest absolute Gasteiger partial charge is 0.494 e. The first kappa shape index (κ1) is 25.5. The Morgan fingerprint density at radius 2 is 1.61 bits per heavy atom. The molecular weight excluding hydrogens is 500 g/mol. The topological polar surface area (TPSA) is 102 Å². The van der Waals surface area contributed by atoms with Gasteiger partial charge in [-0.1, -0.05) is 42.1 Å². The van der Waals surface area contributed by atoms with Gasteiger partial charge in [0.1, 0.15) is 11.0 Å². The summed E-state index contributed by atoms with van der Waals surface area (Å²) in [6.07, 6.45) is 0. The van der Waals surface area contributed by atoms with Crippen LogP contribution in [-0.2, 0) is 19.6 Å². The Morgan fingerprint density at radius 1 is 0.944 bits per heavy atom. The first-order valence-electron chi connectivity index (χ1n) is 11.2. The lowest BCUT2D eigenvalue weighted by molar-refractivity contribution is -0.117. The molecule has 0 aliphatic carbocycles. The van der Waals surface area contributed by atoms with Crippen molar-refractivity contribution in [1.29, 1.82) is 0 Å². The minimum Gasteiger partial charge on any atom is -0.494 e. The van der Waals surface area contributed by atoms with E-state index < -0.39 is 21.2 Å². The third-order valence-electron chi connectivity index (χ3n) is 5.23. The Kier molecular flexibility index (Phi) is 7.76. The van der Waals surface area contributed by atoms with Gasteiger partial charge in [-0.05, 0) is 67.9 Å². The standard InChI is InChI=1S/C26H24N2O6S2/c1-3-33-21-14-16-22(17-15-21)36(31,32)27-26-28(20-12-10-19(11-13-20)25(30)34-4-2)24(29)23(35-26)18-8-6-5-7-9-18/h5-17,23H,3-4H2,1-2H3/b27-26+. The van der Waals surface area contributed by atoms with Crippen LogP contribution in [-0.4, -0.2) is 38.7 Å². The molecule has 0 bridgehead atoms. The van der Waals surface area contributed by atoms with Gasteiger partial charge in [-0.25, -0.2) is 4.79 Å². The van der Waals surface area contributed by atoms with Gasteiger partial charge in [0, 0.05) is 0 Å². The number of carbonyl (C=O) groups is 2. The Hall–Kier alpha value is -3.63. The molecular formula is C26H24N2O6S2. The Labute approximate surface area is 214 Å². The van der Waals surface area contributed by atoms with E-state index in [0.717, 1.165) is 17.3 Å². The van der Waals surface area contributed by atoms with Crippen molar-refractivity contribution in [2.45, 2.75) is 24.0 Å². The molecule has 1 saturated heterocycles. The normalized spacial score (nSPS) is 16.8. The van der Waals surface area contributed by atoms with Gasteiger partial charge in [-0.3, -0.25) is 9.69 Å². The van der Waals surface area contributed by atoms with Crippen molar-refractivity contribution in [3.8, 4) is 5.75 Å². The Morgan fingerprint density at radius 3 is 2.22 bits per heavy atom. The molecule has 8 nitrogen and oxygen atoms in total. The lowest BCUT2D eigenvalue weighted by atomic mass is 10.1. The monoisotopic (exact) mass is 524 g/mol. The lowest BCUT2D eigenvalue weighted by Crippen LogP contribution is -2.30. The molecule has 186 valence electrons. The van der Waals surface area contributed by atoms with Gasteiger partial charge in [0.25, 0.3) is 15.9 Å². The molecule has 36 heavy (non-hydrogen) atoms. The number of thioether (sulfide) groups is 1. The molecule has 0 saturated carbocycles. The molecule has 1 atom stereocenters. The fraction of sp³-hybridized carbons (Fsp3) is 0.192. The number of carbonyl (C=O) groups excluding carboxylic acids is 2. The molecule has 0 aromatic heterocycles. The van der Waals surface area contributed by atoms with Crippen molar-refractivity contribution in [2.75, 3.05) is 18.1 Å². The molecule has 3 aromatic rings. The number of rotatable bonds is 8. The van der Waals surface area contributed by atoms with Gasteiger partial charge in [-0.15, -0.1) is 4.40 Å². The van der Waals surface area contributed by atoms with Crippen molar-refractivity contribution in [2.24, 2.45) is 4.40 Å². The molecule has 3 aromatic carbocycles. The van der Waals surface area contributed by atoms with Gasteiger partial charge in [0.05, 0.1) is 29.4 Å². The second-order valence-electron chi connectivity index (χ2n) is 7.60. The highest BCUT2D eigenvalue weighted by molar-refractivity contribution is 8.16. The molecule has 0 spiro atoms. The third kappa shape index (κ3) is 5.44. The fourth-order valence-corrected chi connectivity index (χ4v) is 5.90. The second kappa shape index (κ2) is 11.0. The van der Waals surface area contributed by atoms with Gasteiger partial charge >= 0.3 is 5.97 Å². The highest BCUT2D eigenvalue weighted by Crippen LogP contribution is 2.42. The van der Waals surface area contributed by atoms with E-state index in [1.807, 2.05) is 37.3 Å². The van der Waals surface area contributed by atoms with E-state index in [1.165, 1.54) is 29.2 Å². The number of ether oxygens (including phenoxy) is 2. The van der Waals surface area contributed by atoms with Crippen LogP contribution in [0.1, 0.15) is 35.0 Å². The van der Waals surface area contributed by atoms with Crippen LogP contribution in [0.2, 0.25) is 0 Å². The van der Waals surface area contributed by atoms with Crippen molar-refractivity contribution < 1.29 is 27.5 Å². The molecule has 4 rings (SSSR count). The van der Waals surface area contributed by atoms with E-state index in [4.69, 9.17) is 9.47 Å². The molecule has 1 fully saturated rings. The molecule has 1 aliphatic rings. The average Bonchev–Trinajstić information content (AvgIpc) is 3.20. The highest BCUT2D eigenvalue weighted by Gasteiger charge is 2.41. The van der Waals surface area contributed by atoms with Crippen molar-refractivity contribution in [3.05, 3.63) is 90.0 Å². The molecule has 0 N–H and O–H groups in total. The molecule has 1 unspecified atom stereocenters. The zero-order valence-electron chi connectivity index (χ0n) is 19.7. The predicted octanol–water partition coefficient (Wildman–Crippen LogP) is 4.83. The van der Waals surface area contributed by atoms with Gasteiger partial charge < -0.3 is 9.47 Å². The fourth-order valence-electron chi connectivity index (χ4n) is 3.55. The summed E-state index contributed by atoms with van der Waals surface area (Å²) in [5.74, 6) is -0.280. The molecule has 1 heterocycles. The van der Waals surface area contributed by atoms with E-state index in [9.17, 15) is 18.0 Å². The van der Waals surface area contributed by atoms with Crippen LogP contribution < -0.4 is 9.64 Å². The maximum absolute atomic E-state index is 13.5. The maximum Gasteiger partial charge on any atom is 0.338 e. The summed E-state index contributed by atoms with van der Waals surface area (Å²) in [4.78, 5) is 26.8. The zero-order chi connectivity index (χ0) is 25.7. The summed E-state index contributed by atoms with van der Waals surface area (Å²) in [6, 6.07) is 21.2. The van der Waals surface area contributed by atoms with Crippen molar-refractivity contribution in [1.82, 2.24) is 0 Å². The zero-order valence-corrected chi connectivity index (χ0v) is 21.3. The van der Waals surface area contributed by atoms with Crippen LogP contribution in [0.3, 0.4) is 0 Å². The Balaban J connectivity index is 1.73. The van der Waals surface area contributed by atoms with Gasteiger partial charge in [0.15, 0.2) is 5.17 Å². The van der Waals surface area contributed by atoms with Crippen LogP contribution in [0.25, 0.3) is 0 Å². The van der Waals surface area contributed by atoms with Gasteiger partial charge in [0.2, 0.25) is 0 Å². The number of amides is 1. The highest BCUT2D eigenvalue weighted by atomic mass is 32.2. The molecule has 10 heteroatoms. The minimum atomic E-state index is -4.13. The van der Waals surface area contributed by atoms with Crippen LogP contribution >= 0.6 is 11.8 Å². The van der Waals surface area contributed by atoms with E-state index in [2.05, 4.69) is 4.40 Å². The number of esters is 1. The van der Waals surface area contributed by atoms with Crippen molar-refractivity contribution in [3.63, 3.8) is 0 Å². The maximum atomic E-state index is 13.5. The number of amidine groups is 1. The van der Waals surface area contributed by atoms with Crippen LogP contribution in [0.15, 0.2) is 88.2 Å².